The molecule has 0 fully saturated rings. The molecule has 0 saturated carbocycles. The van der Waals surface area contributed by atoms with Gasteiger partial charge in [0.05, 0.1) is 18.3 Å². The number of carbonyl (C=O) groups excluding carboxylic acids is 1. The van der Waals surface area contributed by atoms with Crippen LogP contribution in [0.3, 0.4) is 0 Å². The molecule has 4 heterocycles. The molecule has 5 rings (SSSR count). The molecule has 140 valence electrons. The van der Waals surface area contributed by atoms with Crippen molar-refractivity contribution in [3.63, 3.8) is 0 Å². The molecule has 1 unspecified atom stereocenters. The summed E-state index contributed by atoms with van der Waals surface area (Å²) in [6, 6.07) is 14.5. The Balaban J connectivity index is 1.36. The second kappa shape index (κ2) is 7.05. The van der Waals surface area contributed by atoms with E-state index < -0.39 is 0 Å². The molecule has 1 aliphatic heterocycles. The molecular formula is C20H15N3O4S. The summed E-state index contributed by atoms with van der Waals surface area (Å²) in [6.07, 6.45) is 3.71. The van der Waals surface area contributed by atoms with E-state index in [2.05, 4.69) is 10.1 Å². The summed E-state index contributed by atoms with van der Waals surface area (Å²) in [5.74, 6) is 1.33. The van der Waals surface area contributed by atoms with Gasteiger partial charge >= 0.3 is 0 Å². The summed E-state index contributed by atoms with van der Waals surface area (Å²) in [5.41, 5.74) is 2.18. The van der Waals surface area contributed by atoms with Gasteiger partial charge in [0, 0.05) is 6.42 Å². The smallest absolute Gasteiger partial charge is 0.257 e. The van der Waals surface area contributed by atoms with Crippen LogP contribution in [-0.4, -0.2) is 27.4 Å². The van der Waals surface area contributed by atoms with Gasteiger partial charge in [-0.1, -0.05) is 23.9 Å². The van der Waals surface area contributed by atoms with Gasteiger partial charge in [0.25, 0.3) is 11.1 Å². The predicted octanol–water partition coefficient (Wildman–Crippen LogP) is 4.48. The van der Waals surface area contributed by atoms with E-state index >= 15 is 0 Å². The van der Waals surface area contributed by atoms with E-state index in [0.717, 1.165) is 5.52 Å². The number of aromatic nitrogens is 1. The van der Waals surface area contributed by atoms with Crippen LogP contribution in [0.15, 0.2) is 84.6 Å². The third kappa shape index (κ3) is 3.11. The molecule has 28 heavy (non-hydrogen) atoms. The Morgan fingerprint density at radius 1 is 1.11 bits per heavy atom. The van der Waals surface area contributed by atoms with Gasteiger partial charge in [0.1, 0.15) is 28.8 Å². The number of hydrogen-bond acceptors (Lipinski definition) is 7. The lowest BCUT2D eigenvalue weighted by molar-refractivity contribution is -0.130. The number of amides is 1. The largest absolute Gasteiger partial charge is 0.467 e. The van der Waals surface area contributed by atoms with Crippen molar-refractivity contribution in [2.24, 2.45) is 5.10 Å². The fraction of sp³-hybridized carbons (Fsp3) is 0.150. The third-order valence-electron chi connectivity index (χ3n) is 4.44. The Hall–Kier alpha value is -3.26. The standard InChI is InChI=1S/C20H15N3O4S/c24-19(12-28-20-21-13-5-1-2-6-17(13)27-20)23-15(18-8-4-10-26-18)11-14(22-23)16-7-3-9-25-16/h1-10,15H,11-12H2. The molecule has 1 atom stereocenters. The summed E-state index contributed by atoms with van der Waals surface area (Å²) in [7, 11) is 0. The van der Waals surface area contributed by atoms with Gasteiger partial charge in [-0.15, -0.1) is 0 Å². The van der Waals surface area contributed by atoms with Crippen molar-refractivity contribution in [2.75, 3.05) is 5.75 Å². The van der Waals surface area contributed by atoms with Crippen LogP contribution in [0, 0.1) is 0 Å². The van der Waals surface area contributed by atoms with Gasteiger partial charge in [-0.05, 0) is 36.4 Å². The zero-order valence-corrected chi connectivity index (χ0v) is 15.5. The molecule has 0 saturated heterocycles. The summed E-state index contributed by atoms with van der Waals surface area (Å²) >= 11 is 1.25. The van der Waals surface area contributed by atoms with E-state index in [-0.39, 0.29) is 17.7 Å². The second-order valence-electron chi connectivity index (χ2n) is 6.23. The van der Waals surface area contributed by atoms with Gasteiger partial charge < -0.3 is 13.3 Å². The maximum atomic E-state index is 12.9. The van der Waals surface area contributed by atoms with Crippen LogP contribution in [0.1, 0.15) is 24.0 Å². The first-order chi connectivity index (χ1) is 13.8. The van der Waals surface area contributed by atoms with Crippen molar-refractivity contribution in [3.8, 4) is 0 Å². The summed E-state index contributed by atoms with van der Waals surface area (Å²) in [6.45, 7) is 0. The van der Waals surface area contributed by atoms with Crippen molar-refractivity contribution in [3.05, 3.63) is 72.6 Å². The first kappa shape index (κ1) is 16.9. The molecule has 1 aliphatic rings. The van der Waals surface area contributed by atoms with Crippen molar-refractivity contribution in [1.82, 2.24) is 9.99 Å². The first-order valence-electron chi connectivity index (χ1n) is 8.73. The number of nitrogens with zero attached hydrogens (tertiary/aromatic N) is 3. The van der Waals surface area contributed by atoms with E-state index in [9.17, 15) is 4.79 Å². The van der Waals surface area contributed by atoms with Gasteiger partial charge in [0.15, 0.2) is 5.58 Å². The van der Waals surface area contributed by atoms with Crippen molar-refractivity contribution >= 4 is 34.5 Å². The number of benzene rings is 1. The van der Waals surface area contributed by atoms with Gasteiger partial charge in [-0.3, -0.25) is 4.79 Å². The molecule has 0 spiro atoms. The topological polar surface area (TPSA) is 85.0 Å². The molecule has 3 aromatic heterocycles. The number of thioether (sulfide) groups is 1. The minimum atomic E-state index is -0.299. The van der Waals surface area contributed by atoms with E-state index in [4.69, 9.17) is 13.3 Å². The number of oxazole rings is 1. The quantitative estimate of drug-likeness (QED) is 0.465. The Kier molecular flexibility index (Phi) is 4.25. The maximum Gasteiger partial charge on any atom is 0.257 e. The lowest BCUT2D eigenvalue weighted by Gasteiger charge is -2.19. The SMILES string of the molecule is O=C(CSc1nc2ccccc2o1)N1N=C(c2ccco2)CC1c1ccco1. The summed E-state index contributed by atoms with van der Waals surface area (Å²) in [5, 5.41) is 6.43. The van der Waals surface area contributed by atoms with Gasteiger partial charge in [-0.2, -0.15) is 5.10 Å². The number of rotatable bonds is 5. The predicted molar refractivity (Wildman–Crippen MR) is 103 cm³/mol. The normalized spacial score (nSPS) is 16.6. The molecule has 0 bridgehead atoms. The van der Waals surface area contributed by atoms with Crippen LogP contribution in [0.2, 0.25) is 0 Å². The van der Waals surface area contributed by atoms with Gasteiger partial charge in [-0.25, -0.2) is 9.99 Å². The average molecular weight is 393 g/mol. The van der Waals surface area contributed by atoms with Crippen molar-refractivity contribution in [2.45, 2.75) is 17.7 Å². The van der Waals surface area contributed by atoms with E-state index in [0.29, 0.717) is 34.5 Å². The molecule has 0 aliphatic carbocycles. The fourth-order valence-corrected chi connectivity index (χ4v) is 3.83. The molecule has 1 amide bonds. The summed E-state index contributed by atoms with van der Waals surface area (Å²) in [4.78, 5) is 17.3. The van der Waals surface area contributed by atoms with E-state index in [1.165, 1.54) is 16.8 Å². The molecule has 8 heteroatoms. The highest BCUT2D eigenvalue weighted by molar-refractivity contribution is 7.99. The zero-order chi connectivity index (χ0) is 18.9. The van der Waals surface area contributed by atoms with Crippen LogP contribution in [-0.2, 0) is 4.79 Å². The molecule has 4 aromatic rings. The Labute approximate surface area is 164 Å². The monoisotopic (exact) mass is 393 g/mol. The van der Waals surface area contributed by atoms with Crippen LogP contribution in [0.4, 0.5) is 0 Å². The van der Waals surface area contributed by atoms with Crippen LogP contribution < -0.4 is 0 Å². The molecule has 0 radical (unpaired) electrons. The van der Waals surface area contributed by atoms with E-state index in [1.807, 2.05) is 36.4 Å². The molecule has 7 nitrogen and oxygen atoms in total. The second-order valence-corrected chi connectivity index (χ2v) is 7.16. The van der Waals surface area contributed by atoms with Crippen molar-refractivity contribution in [1.29, 1.82) is 0 Å². The van der Waals surface area contributed by atoms with Crippen LogP contribution in [0.25, 0.3) is 11.1 Å². The number of hydrazone groups is 1. The minimum Gasteiger partial charge on any atom is -0.467 e. The van der Waals surface area contributed by atoms with E-state index in [1.54, 1.807) is 24.7 Å². The zero-order valence-electron chi connectivity index (χ0n) is 14.6. The number of para-hydroxylation sites is 2. The van der Waals surface area contributed by atoms with Gasteiger partial charge in [0.2, 0.25) is 0 Å². The molecule has 0 N–H and O–H groups in total. The Morgan fingerprint density at radius 2 is 1.96 bits per heavy atom. The first-order valence-corrected chi connectivity index (χ1v) is 9.72. The number of furan rings is 2. The number of hydrogen-bond donors (Lipinski definition) is 0. The highest BCUT2D eigenvalue weighted by atomic mass is 32.2. The Bertz CT molecular complexity index is 1100. The lowest BCUT2D eigenvalue weighted by Crippen LogP contribution is -2.28. The fourth-order valence-electron chi connectivity index (χ4n) is 3.14. The average Bonchev–Trinajstić information content (AvgIpc) is 3.50. The highest BCUT2D eigenvalue weighted by Gasteiger charge is 2.35. The minimum absolute atomic E-state index is 0.152. The molecule has 1 aromatic carbocycles. The third-order valence-corrected chi connectivity index (χ3v) is 5.25. The number of fused-ring (bicyclic) bond motifs is 1. The lowest BCUT2D eigenvalue weighted by atomic mass is 10.1. The highest BCUT2D eigenvalue weighted by Crippen LogP contribution is 2.34. The maximum absolute atomic E-state index is 12.9. The number of carbonyl (C=O) groups is 1. The van der Waals surface area contributed by atoms with Crippen LogP contribution in [0.5, 0.6) is 0 Å². The van der Waals surface area contributed by atoms with Crippen molar-refractivity contribution < 1.29 is 18.0 Å². The van der Waals surface area contributed by atoms with Crippen LogP contribution >= 0.6 is 11.8 Å². The Morgan fingerprint density at radius 3 is 2.75 bits per heavy atom. The molecular weight excluding hydrogens is 378 g/mol. The summed E-state index contributed by atoms with van der Waals surface area (Å²) < 4.78 is 16.6.